The molecule has 4 aromatic rings. The molecule has 1 aromatic carbocycles. The van der Waals surface area contributed by atoms with E-state index in [1.54, 1.807) is 24.3 Å². The average Bonchev–Trinajstić information content (AvgIpc) is 3.55. The van der Waals surface area contributed by atoms with E-state index in [1.807, 2.05) is 12.1 Å². The number of anilines is 2. The number of ether oxygens (including phenoxy) is 1. The van der Waals surface area contributed by atoms with Crippen LogP contribution in [0.5, 0.6) is 5.75 Å². The number of nitrogens with two attached hydrogens (primary N) is 2. The predicted molar refractivity (Wildman–Crippen MR) is 153 cm³/mol. The summed E-state index contributed by atoms with van der Waals surface area (Å²) in [7, 11) is 0. The van der Waals surface area contributed by atoms with E-state index in [2.05, 4.69) is 9.97 Å². The third-order valence-corrected chi connectivity index (χ3v) is 8.80. The molecule has 0 unspecified atom stereocenters. The summed E-state index contributed by atoms with van der Waals surface area (Å²) in [4.78, 5) is 33.2. The molecule has 1 saturated carbocycles. The Morgan fingerprint density at radius 3 is 2.49 bits per heavy atom. The first-order valence-electron chi connectivity index (χ1n) is 13.2. The average molecular weight is 549 g/mol. The van der Waals surface area contributed by atoms with Crippen molar-refractivity contribution in [2.75, 3.05) is 18.1 Å². The Morgan fingerprint density at radius 1 is 1.03 bits per heavy atom. The Balaban J connectivity index is 0.000000160. The Morgan fingerprint density at radius 2 is 1.77 bits per heavy atom. The highest BCUT2D eigenvalue weighted by molar-refractivity contribution is 7.19. The molecule has 0 aliphatic heterocycles. The Kier molecular flexibility index (Phi) is 7.56. The normalized spacial score (nSPS) is 15.1. The van der Waals surface area contributed by atoms with E-state index in [9.17, 15) is 14.7 Å². The van der Waals surface area contributed by atoms with Gasteiger partial charge >= 0.3 is 11.9 Å². The van der Waals surface area contributed by atoms with E-state index in [-0.39, 0.29) is 16.8 Å². The number of hydrogen-bond acceptors (Lipinski definition) is 8. The van der Waals surface area contributed by atoms with E-state index in [1.165, 1.54) is 48.7 Å². The number of thiophene rings is 1. The Hall–Kier alpha value is -3.92. The number of aryl methyl sites for hydroxylation is 3. The van der Waals surface area contributed by atoms with Gasteiger partial charge in [0.25, 0.3) is 0 Å². The molecule has 1 fully saturated rings. The molecular formula is C29H32N4O5S. The van der Waals surface area contributed by atoms with Crippen molar-refractivity contribution in [2.45, 2.75) is 58.3 Å². The number of nitrogens with zero attached hydrogens (tertiary/aromatic N) is 2. The fourth-order valence-corrected chi connectivity index (χ4v) is 6.94. The number of carboxylic acid groups (broad SMARTS) is 2. The minimum absolute atomic E-state index is 0.0133. The number of pyridine rings is 2. The summed E-state index contributed by atoms with van der Waals surface area (Å²) in [6.45, 7) is 2.35. The molecule has 0 radical (unpaired) electrons. The largest absolute Gasteiger partial charge is 0.493 e. The SMILES string of the molecule is Cc1nc2sc3c(c2c(N)c1C(=O)O)CCCC3.Nc1c(C(=O)O)cnc2cccc(OCC3CCCC3)c12. The molecule has 0 atom stereocenters. The zero-order valence-electron chi connectivity index (χ0n) is 21.8. The fourth-order valence-electron chi connectivity index (χ4n) is 5.62. The maximum absolute atomic E-state index is 11.3. The summed E-state index contributed by atoms with van der Waals surface area (Å²) >= 11 is 1.66. The molecule has 2 aliphatic rings. The summed E-state index contributed by atoms with van der Waals surface area (Å²) in [5, 5.41) is 19.9. The lowest BCUT2D eigenvalue weighted by Gasteiger charge is -2.14. The van der Waals surface area contributed by atoms with Gasteiger partial charge in [-0.1, -0.05) is 18.9 Å². The lowest BCUT2D eigenvalue weighted by Crippen LogP contribution is -2.09. The number of benzene rings is 1. The van der Waals surface area contributed by atoms with Gasteiger partial charge in [-0.05, 0) is 69.1 Å². The van der Waals surface area contributed by atoms with E-state index in [0.717, 1.165) is 29.5 Å². The first-order valence-corrected chi connectivity index (χ1v) is 14.0. The van der Waals surface area contributed by atoms with Crippen molar-refractivity contribution in [1.82, 2.24) is 9.97 Å². The number of rotatable bonds is 5. The first kappa shape index (κ1) is 26.7. The summed E-state index contributed by atoms with van der Waals surface area (Å²) < 4.78 is 5.91. The van der Waals surface area contributed by atoms with Crippen LogP contribution in [0.3, 0.4) is 0 Å². The highest BCUT2D eigenvalue weighted by atomic mass is 32.1. The molecule has 0 amide bonds. The lowest BCUT2D eigenvalue weighted by molar-refractivity contribution is 0.0686. The molecule has 9 nitrogen and oxygen atoms in total. The zero-order chi connectivity index (χ0) is 27.7. The van der Waals surface area contributed by atoms with E-state index < -0.39 is 11.9 Å². The van der Waals surface area contributed by atoms with Gasteiger partial charge < -0.3 is 26.4 Å². The van der Waals surface area contributed by atoms with Crippen LogP contribution < -0.4 is 16.2 Å². The lowest BCUT2D eigenvalue weighted by atomic mass is 9.95. The van der Waals surface area contributed by atoms with Crippen LogP contribution in [0.4, 0.5) is 11.4 Å². The van der Waals surface area contributed by atoms with Gasteiger partial charge in [0.05, 0.1) is 34.6 Å². The molecule has 6 N–H and O–H groups in total. The smallest absolute Gasteiger partial charge is 0.339 e. The molecule has 3 aromatic heterocycles. The number of hydrogen-bond donors (Lipinski definition) is 4. The number of nitrogen functional groups attached to an aromatic ring is 2. The highest BCUT2D eigenvalue weighted by Gasteiger charge is 2.24. The van der Waals surface area contributed by atoms with Crippen molar-refractivity contribution in [3.63, 3.8) is 0 Å². The van der Waals surface area contributed by atoms with Crippen LogP contribution in [0, 0.1) is 12.8 Å². The second kappa shape index (κ2) is 11.1. The molecule has 10 heteroatoms. The minimum atomic E-state index is -1.08. The van der Waals surface area contributed by atoms with Crippen molar-refractivity contribution in [3.05, 3.63) is 51.7 Å². The maximum atomic E-state index is 11.3. The summed E-state index contributed by atoms with van der Waals surface area (Å²) in [6.07, 6.45) is 10.6. The molecule has 0 bridgehead atoms. The molecular weight excluding hydrogens is 516 g/mol. The van der Waals surface area contributed by atoms with Crippen LogP contribution in [-0.2, 0) is 12.8 Å². The van der Waals surface area contributed by atoms with Crippen LogP contribution in [0.2, 0.25) is 0 Å². The molecule has 204 valence electrons. The van der Waals surface area contributed by atoms with Crippen molar-refractivity contribution in [2.24, 2.45) is 5.92 Å². The van der Waals surface area contributed by atoms with Gasteiger partial charge in [0.2, 0.25) is 0 Å². The number of carbonyl (C=O) groups is 2. The summed E-state index contributed by atoms with van der Waals surface area (Å²) in [5.74, 6) is -0.868. The van der Waals surface area contributed by atoms with Gasteiger partial charge in [-0.15, -0.1) is 11.3 Å². The number of aromatic carboxylic acids is 2. The van der Waals surface area contributed by atoms with Gasteiger partial charge in [-0.25, -0.2) is 14.6 Å². The van der Waals surface area contributed by atoms with Crippen molar-refractivity contribution < 1.29 is 24.5 Å². The van der Waals surface area contributed by atoms with Crippen molar-refractivity contribution >= 4 is 55.8 Å². The highest BCUT2D eigenvalue weighted by Crippen LogP contribution is 2.40. The number of carboxylic acids is 2. The fraction of sp³-hybridized carbons (Fsp3) is 0.379. The van der Waals surface area contributed by atoms with Gasteiger partial charge in [0, 0.05) is 16.5 Å². The van der Waals surface area contributed by atoms with Crippen molar-refractivity contribution in [1.29, 1.82) is 0 Å². The van der Waals surface area contributed by atoms with Crippen LogP contribution in [0.1, 0.15) is 75.4 Å². The van der Waals surface area contributed by atoms with Crippen LogP contribution in [0.15, 0.2) is 24.4 Å². The van der Waals surface area contributed by atoms with Gasteiger partial charge in [0.15, 0.2) is 0 Å². The van der Waals surface area contributed by atoms with Crippen LogP contribution >= 0.6 is 11.3 Å². The zero-order valence-corrected chi connectivity index (χ0v) is 22.6. The topological polar surface area (TPSA) is 162 Å². The maximum Gasteiger partial charge on any atom is 0.339 e. The first-order chi connectivity index (χ1) is 18.8. The summed E-state index contributed by atoms with van der Waals surface area (Å²) in [5.41, 5.74) is 15.3. The van der Waals surface area contributed by atoms with Crippen LogP contribution in [-0.4, -0.2) is 38.7 Å². The third kappa shape index (κ3) is 5.21. The quantitative estimate of drug-likeness (QED) is 0.240. The van der Waals surface area contributed by atoms with Gasteiger partial charge in [-0.2, -0.15) is 0 Å². The summed E-state index contributed by atoms with van der Waals surface area (Å²) in [6, 6.07) is 5.47. The minimum Gasteiger partial charge on any atom is -0.493 e. The molecule has 6 rings (SSSR count). The van der Waals surface area contributed by atoms with E-state index in [4.69, 9.17) is 21.3 Å². The predicted octanol–water partition coefficient (Wildman–Crippen LogP) is 5.85. The Labute approximate surface area is 229 Å². The standard InChI is InChI=1S/C16H18N2O3.C13H14N2O2S/c17-15-11(16(19)20)8-18-12-6-3-7-13(14(12)15)21-9-10-4-1-2-5-10;1-6-9(13(16)17)11(14)10-7-4-2-3-5-8(7)18-12(10)15-6/h3,6-8,10H,1-2,4-5,9H2,(H2,17,18)(H,19,20);2-5H2,1H3,(H2,14,15)(H,16,17). The molecule has 0 spiro atoms. The third-order valence-electron chi connectivity index (χ3n) is 7.61. The van der Waals surface area contributed by atoms with E-state index >= 15 is 0 Å². The molecule has 3 heterocycles. The molecule has 0 saturated heterocycles. The number of fused-ring (bicyclic) bond motifs is 4. The van der Waals surface area contributed by atoms with Gasteiger partial charge in [0.1, 0.15) is 21.7 Å². The monoisotopic (exact) mass is 548 g/mol. The second-order valence-corrected chi connectivity index (χ2v) is 11.3. The number of aromatic nitrogens is 2. The molecule has 2 aliphatic carbocycles. The van der Waals surface area contributed by atoms with Gasteiger partial charge in [-0.3, -0.25) is 4.98 Å². The second-order valence-electron chi connectivity index (χ2n) is 10.2. The van der Waals surface area contributed by atoms with E-state index in [0.29, 0.717) is 40.6 Å². The van der Waals surface area contributed by atoms with Crippen LogP contribution in [0.25, 0.3) is 21.1 Å². The Bertz CT molecular complexity index is 1580. The molecule has 39 heavy (non-hydrogen) atoms. The van der Waals surface area contributed by atoms with Crippen molar-refractivity contribution in [3.8, 4) is 5.75 Å².